The maximum Gasteiger partial charge on any atom is 0.292 e. The number of aromatic nitrogens is 2. The van der Waals surface area contributed by atoms with Crippen molar-refractivity contribution in [1.82, 2.24) is 15.2 Å². The molecule has 0 spiro atoms. The summed E-state index contributed by atoms with van der Waals surface area (Å²) in [7, 11) is 0. The Bertz CT molecular complexity index is 1130. The van der Waals surface area contributed by atoms with Crippen LogP contribution in [0.15, 0.2) is 58.4 Å². The summed E-state index contributed by atoms with van der Waals surface area (Å²) in [6.07, 6.45) is 2.21. The molecule has 3 aromatic rings. The van der Waals surface area contributed by atoms with Gasteiger partial charge in [0.05, 0.1) is 11.6 Å². The lowest BCUT2D eigenvalue weighted by molar-refractivity contribution is -0.114. The van der Waals surface area contributed by atoms with Gasteiger partial charge in [0, 0.05) is 24.5 Å². The summed E-state index contributed by atoms with van der Waals surface area (Å²) >= 11 is 0. The highest BCUT2D eigenvalue weighted by atomic mass is 16.2. The van der Waals surface area contributed by atoms with Crippen molar-refractivity contribution in [2.45, 2.75) is 26.8 Å². The molecule has 2 N–H and O–H groups in total. The van der Waals surface area contributed by atoms with E-state index in [0.29, 0.717) is 23.0 Å². The molecule has 29 heavy (non-hydrogen) atoms. The summed E-state index contributed by atoms with van der Waals surface area (Å²) in [6.45, 7) is 3.80. The molecule has 2 aromatic carbocycles. The number of carbonyl (C=O) groups excluding carboxylic acids is 2. The number of nitrogens with zero attached hydrogens (tertiary/aromatic N) is 3. The zero-order valence-electron chi connectivity index (χ0n) is 16.2. The van der Waals surface area contributed by atoms with E-state index in [9.17, 15) is 14.4 Å². The van der Waals surface area contributed by atoms with E-state index in [1.165, 1.54) is 17.8 Å². The average Bonchev–Trinajstić information content (AvgIpc) is 2.71. The number of aryl methyl sites for hydroxylation is 1. The summed E-state index contributed by atoms with van der Waals surface area (Å²) in [6, 6.07) is 13.9. The van der Waals surface area contributed by atoms with Crippen LogP contribution in [0, 0.1) is 0 Å². The van der Waals surface area contributed by atoms with Crippen molar-refractivity contribution in [3.05, 3.63) is 70.1 Å². The molecule has 0 unspecified atom stereocenters. The smallest absolute Gasteiger partial charge is 0.292 e. The predicted molar refractivity (Wildman–Crippen MR) is 112 cm³/mol. The van der Waals surface area contributed by atoms with Gasteiger partial charge in [-0.05, 0) is 30.2 Å². The van der Waals surface area contributed by atoms with Gasteiger partial charge in [0.2, 0.25) is 5.91 Å². The van der Waals surface area contributed by atoms with Crippen LogP contribution < -0.4 is 16.3 Å². The van der Waals surface area contributed by atoms with E-state index in [0.717, 1.165) is 12.0 Å². The highest BCUT2D eigenvalue weighted by molar-refractivity contribution is 6.05. The molecular weight excluding hydrogens is 370 g/mol. The molecule has 148 valence electrons. The van der Waals surface area contributed by atoms with Gasteiger partial charge in [-0.25, -0.2) is 10.1 Å². The molecule has 8 nitrogen and oxygen atoms in total. The maximum atomic E-state index is 12.6. The molecule has 0 aliphatic heterocycles. The molecule has 1 aromatic heterocycles. The van der Waals surface area contributed by atoms with E-state index in [1.807, 2.05) is 6.92 Å². The molecule has 3 rings (SSSR count). The second-order valence-electron chi connectivity index (χ2n) is 6.42. The van der Waals surface area contributed by atoms with Gasteiger partial charge in [-0.15, -0.1) is 0 Å². The Labute approximate surface area is 167 Å². The number of amides is 2. The van der Waals surface area contributed by atoms with Crippen molar-refractivity contribution in [3.8, 4) is 0 Å². The first-order valence-corrected chi connectivity index (χ1v) is 9.20. The third-order valence-corrected chi connectivity index (χ3v) is 4.13. The molecule has 0 aliphatic carbocycles. The highest BCUT2D eigenvalue weighted by Crippen LogP contribution is 2.13. The van der Waals surface area contributed by atoms with E-state index in [2.05, 4.69) is 20.9 Å². The summed E-state index contributed by atoms with van der Waals surface area (Å²) in [5.74, 6) is -0.653. The third-order valence-electron chi connectivity index (χ3n) is 4.13. The SMILES string of the molecule is CCCn1nc(C(=O)N/N=C/c2ccc(NC(C)=O)cc2)c2ccccc2c1=O. The normalized spacial score (nSPS) is 11.0. The zero-order valence-corrected chi connectivity index (χ0v) is 16.2. The Kier molecular flexibility index (Phi) is 6.13. The largest absolute Gasteiger partial charge is 0.326 e. The highest BCUT2D eigenvalue weighted by Gasteiger charge is 2.15. The van der Waals surface area contributed by atoms with Crippen LogP contribution in [-0.4, -0.2) is 27.8 Å². The minimum atomic E-state index is -0.503. The minimum Gasteiger partial charge on any atom is -0.326 e. The predicted octanol–water partition coefficient (Wildman–Crippen LogP) is 2.53. The van der Waals surface area contributed by atoms with Crippen molar-refractivity contribution < 1.29 is 9.59 Å². The lowest BCUT2D eigenvalue weighted by Gasteiger charge is -2.09. The van der Waals surface area contributed by atoms with Crippen molar-refractivity contribution in [2.75, 3.05) is 5.32 Å². The van der Waals surface area contributed by atoms with Gasteiger partial charge in [0.1, 0.15) is 0 Å². The topological polar surface area (TPSA) is 105 Å². The van der Waals surface area contributed by atoms with Crippen molar-refractivity contribution in [2.24, 2.45) is 5.10 Å². The second-order valence-corrected chi connectivity index (χ2v) is 6.42. The molecule has 2 amide bonds. The monoisotopic (exact) mass is 391 g/mol. The average molecular weight is 391 g/mol. The number of carbonyl (C=O) groups is 2. The molecule has 1 heterocycles. The first-order chi connectivity index (χ1) is 14.0. The van der Waals surface area contributed by atoms with E-state index >= 15 is 0 Å². The fraction of sp³-hybridized carbons (Fsp3) is 0.190. The Morgan fingerprint density at radius 3 is 2.45 bits per heavy atom. The molecule has 0 aliphatic rings. The number of anilines is 1. The fourth-order valence-electron chi connectivity index (χ4n) is 2.84. The van der Waals surface area contributed by atoms with Crippen LogP contribution in [0.5, 0.6) is 0 Å². The van der Waals surface area contributed by atoms with E-state index in [-0.39, 0.29) is 17.2 Å². The molecule has 0 atom stereocenters. The van der Waals surface area contributed by atoms with Crippen LogP contribution >= 0.6 is 0 Å². The maximum absolute atomic E-state index is 12.6. The van der Waals surface area contributed by atoms with Gasteiger partial charge >= 0.3 is 0 Å². The Morgan fingerprint density at radius 2 is 1.79 bits per heavy atom. The molecule has 0 bridgehead atoms. The minimum absolute atomic E-state index is 0.145. The van der Waals surface area contributed by atoms with Gasteiger partial charge < -0.3 is 5.32 Å². The quantitative estimate of drug-likeness (QED) is 0.497. The van der Waals surface area contributed by atoms with Gasteiger partial charge in [0.15, 0.2) is 5.69 Å². The van der Waals surface area contributed by atoms with Crippen LogP contribution in [-0.2, 0) is 11.3 Å². The summed E-state index contributed by atoms with van der Waals surface area (Å²) in [5, 5.41) is 11.8. The lowest BCUT2D eigenvalue weighted by Crippen LogP contribution is -2.29. The first kappa shape index (κ1) is 19.9. The van der Waals surface area contributed by atoms with E-state index < -0.39 is 5.91 Å². The molecule has 0 saturated heterocycles. The van der Waals surface area contributed by atoms with Gasteiger partial charge in [-0.2, -0.15) is 10.2 Å². The number of hydrazone groups is 1. The molecule has 8 heteroatoms. The Balaban J connectivity index is 1.81. The van der Waals surface area contributed by atoms with Gasteiger partial charge in [-0.1, -0.05) is 37.3 Å². The molecule has 0 saturated carbocycles. The Hall–Kier alpha value is -3.81. The molecular formula is C21H21N5O3. The number of rotatable bonds is 6. The standard InChI is InChI=1S/C21H21N5O3/c1-3-12-26-21(29)18-7-5-4-6-17(18)19(25-26)20(28)24-22-13-15-8-10-16(11-9-15)23-14(2)27/h4-11,13H,3,12H2,1-2H3,(H,23,27)(H,24,28)/b22-13+. The van der Waals surface area contributed by atoms with Gasteiger partial charge in [-0.3, -0.25) is 14.4 Å². The van der Waals surface area contributed by atoms with E-state index in [4.69, 9.17) is 0 Å². The number of nitrogens with one attached hydrogen (secondary N) is 2. The molecule has 0 fully saturated rings. The van der Waals surface area contributed by atoms with Crippen molar-refractivity contribution in [1.29, 1.82) is 0 Å². The molecule has 0 radical (unpaired) electrons. The van der Waals surface area contributed by atoms with Crippen LogP contribution in [0.1, 0.15) is 36.3 Å². The third kappa shape index (κ3) is 4.73. The second kappa shape index (κ2) is 8.92. The van der Waals surface area contributed by atoms with Crippen molar-refractivity contribution in [3.63, 3.8) is 0 Å². The summed E-state index contributed by atoms with van der Waals surface area (Å²) < 4.78 is 1.31. The number of hydrogen-bond acceptors (Lipinski definition) is 5. The number of fused-ring (bicyclic) bond motifs is 1. The summed E-state index contributed by atoms with van der Waals surface area (Å²) in [5.41, 5.74) is 3.80. The summed E-state index contributed by atoms with van der Waals surface area (Å²) in [4.78, 5) is 36.2. The Morgan fingerprint density at radius 1 is 1.10 bits per heavy atom. The van der Waals surface area contributed by atoms with Crippen LogP contribution in [0.4, 0.5) is 5.69 Å². The number of benzene rings is 2. The van der Waals surface area contributed by atoms with Crippen LogP contribution in [0.25, 0.3) is 10.8 Å². The van der Waals surface area contributed by atoms with Crippen LogP contribution in [0.2, 0.25) is 0 Å². The van der Waals surface area contributed by atoms with Crippen LogP contribution in [0.3, 0.4) is 0 Å². The zero-order chi connectivity index (χ0) is 20.8. The van der Waals surface area contributed by atoms with Crippen molar-refractivity contribution >= 4 is 34.5 Å². The van der Waals surface area contributed by atoms with Gasteiger partial charge in [0.25, 0.3) is 11.5 Å². The first-order valence-electron chi connectivity index (χ1n) is 9.20. The fourth-order valence-corrected chi connectivity index (χ4v) is 2.84. The lowest BCUT2D eigenvalue weighted by atomic mass is 10.1. The van der Waals surface area contributed by atoms with E-state index in [1.54, 1.807) is 48.5 Å². The number of hydrogen-bond donors (Lipinski definition) is 2.